The summed E-state index contributed by atoms with van der Waals surface area (Å²) in [6.45, 7) is 12.0. The second-order valence-corrected chi connectivity index (χ2v) is 8.77. The van der Waals surface area contributed by atoms with Gasteiger partial charge in [0.15, 0.2) is 5.78 Å². The van der Waals surface area contributed by atoms with E-state index in [4.69, 9.17) is 0 Å². The molecule has 4 heteroatoms. The molecular formula is C22H26N2O2. The molecule has 0 aliphatic rings. The van der Waals surface area contributed by atoms with E-state index in [9.17, 15) is 9.59 Å². The number of fused-ring (bicyclic) bond motifs is 1. The van der Waals surface area contributed by atoms with E-state index < -0.39 is 5.41 Å². The maximum absolute atomic E-state index is 13.4. The molecule has 0 fully saturated rings. The van der Waals surface area contributed by atoms with Crippen LogP contribution in [-0.2, 0) is 5.41 Å². The van der Waals surface area contributed by atoms with Gasteiger partial charge < -0.3 is 4.40 Å². The van der Waals surface area contributed by atoms with Gasteiger partial charge in [0.2, 0.25) is 0 Å². The highest BCUT2D eigenvalue weighted by Gasteiger charge is 2.35. The van der Waals surface area contributed by atoms with Crippen LogP contribution >= 0.6 is 0 Å². The first-order valence-corrected chi connectivity index (χ1v) is 8.90. The molecule has 0 radical (unpaired) electrons. The van der Waals surface area contributed by atoms with Crippen LogP contribution in [0.4, 0.5) is 0 Å². The third kappa shape index (κ3) is 2.90. The van der Waals surface area contributed by atoms with E-state index in [-0.39, 0.29) is 16.8 Å². The molecule has 0 amide bonds. The van der Waals surface area contributed by atoms with E-state index in [1.165, 1.54) is 0 Å². The lowest BCUT2D eigenvalue weighted by molar-refractivity contribution is 0.0849. The standard InChI is InChI=1S/C22H26N2O2/c1-21(2,3)17-18(24-14-10-8-12-16(24)25)15-11-7-9-13-23(15)19(17)20(26)22(4,5)6/h7-14H,1-6H3. The maximum atomic E-state index is 13.4. The average Bonchev–Trinajstić information content (AvgIpc) is 2.89. The second kappa shape index (κ2) is 5.97. The van der Waals surface area contributed by atoms with Gasteiger partial charge in [0.1, 0.15) is 0 Å². The van der Waals surface area contributed by atoms with Gasteiger partial charge in [0, 0.05) is 29.4 Å². The molecule has 0 aromatic carbocycles. The molecule has 136 valence electrons. The number of rotatable bonds is 2. The molecule has 26 heavy (non-hydrogen) atoms. The molecular weight excluding hydrogens is 324 g/mol. The number of pyridine rings is 2. The minimum Gasteiger partial charge on any atom is -0.312 e. The van der Waals surface area contributed by atoms with Crippen LogP contribution in [0, 0.1) is 5.41 Å². The van der Waals surface area contributed by atoms with E-state index in [1.54, 1.807) is 22.9 Å². The van der Waals surface area contributed by atoms with Crippen LogP contribution in [0.25, 0.3) is 11.2 Å². The van der Waals surface area contributed by atoms with Gasteiger partial charge in [-0.2, -0.15) is 0 Å². The van der Waals surface area contributed by atoms with Crippen molar-refractivity contribution in [3.05, 3.63) is 70.4 Å². The van der Waals surface area contributed by atoms with Crippen molar-refractivity contribution in [2.45, 2.75) is 47.0 Å². The second-order valence-electron chi connectivity index (χ2n) is 8.77. The molecule has 3 aromatic rings. The monoisotopic (exact) mass is 350 g/mol. The highest BCUT2D eigenvalue weighted by atomic mass is 16.1. The Morgan fingerprint density at radius 1 is 0.885 bits per heavy atom. The summed E-state index contributed by atoms with van der Waals surface area (Å²) < 4.78 is 3.58. The van der Waals surface area contributed by atoms with Gasteiger partial charge in [0.05, 0.1) is 16.9 Å². The molecule has 0 bridgehead atoms. The molecule has 0 N–H and O–H groups in total. The van der Waals surface area contributed by atoms with Crippen molar-refractivity contribution < 1.29 is 4.79 Å². The first-order chi connectivity index (χ1) is 12.0. The lowest BCUT2D eigenvalue weighted by atomic mass is 9.80. The predicted molar refractivity (Wildman–Crippen MR) is 105 cm³/mol. The van der Waals surface area contributed by atoms with Gasteiger partial charge in [0.25, 0.3) is 5.56 Å². The minimum atomic E-state index is -0.525. The van der Waals surface area contributed by atoms with Crippen molar-refractivity contribution in [2.24, 2.45) is 5.41 Å². The van der Waals surface area contributed by atoms with Crippen LogP contribution in [0.5, 0.6) is 0 Å². The molecule has 0 aliphatic heterocycles. The summed E-state index contributed by atoms with van der Waals surface area (Å²) in [5, 5.41) is 0. The Balaban J connectivity index is 2.56. The van der Waals surface area contributed by atoms with Crippen molar-refractivity contribution in [3.63, 3.8) is 0 Å². The van der Waals surface area contributed by atoms with Crippen LogP contribution in [0.15, 0.2) is 53.6 Å². The number of aromatic nitrogens is 2. The Bertz CT molecular complexity index is 1040. The van der Waals surface area contributed by atoms with Gasteiger partial charge in [-0.3, -0.25) is 14.2 Å². The summed E-state index contributed by atoms with van der Waals surface area (Å²) in [5.74, 6) is 0.0684. The van der Waals surface area contributed by atoms with Gasteiger partial charge >= 0.3 is 0 Å². The summed E-state index contributed by atoms with van der Waals surface area (Å²) in [4.78, 5) is 26.0. The molecule has 3 aromatic heterocycles. The average molecular weight is 350 g/mol. The Morgan fingerprint density at radius 3 is 2.08 bits per heavy atom. The highest BCUT2D eigenvalue weighted by molar-refractivity contribution is 6.03. The normalized spacial score (nSPS) is 12.5. The molecule has 0 unspecified atom stereocenters. The van der Waals surface area contributed by atoms with Crippen molar-refractivity contribution >= 4 is 11.3 Å². The fourth-order valence-electron chi connectivity index (χ4n) is 3.34. The van der Waals surface area contributed by atoms with Gasteiger partial charge in [-0.25, -0.2) is 0 Å². The fraction of sp³-hybridized carbons (Fsp3) is 0.364. The first-order valence-electron chi connectivity index (χ1n) is 8.90. The van der Waals surface area contributed by atoms with Gasteiger partial charge in [-0.05, 0) is 23.6 Å². The fourth-order valence-corrected chi connectivity index (χ4v) is 3.34. The van der Waals surface area contributed by atoms with Gasteiger partial charge in [-0.1, -0.05) is 53.7 Å². The number of nitrogens with zero attached hydrogens (tertiary/aromatic N) is 2. The minimum absolute atomic E-state index is 0.0684. The number of carbonyl (C=O) groups is 1. The summed E-state index contributed by atoms with van der Waals surface area (Å²) in [5.41, 5.74) is 2.26. The van der Waals surface area contributed by atoms with Crippen LogP contribution < -0.4 is 5.56 Å². The van der Waals surface area contributed by atoms with Crippen molar-refractivity contribution in [3.8, 4) is 5.69 Å². The Hall–Kier alpha value is -2.62. The predicted octanol–water partition coefficient (Wildman–Crippen LogP) is 4.62. The van der Waals surface area contributed by atoms with E-state index in [0.29, 0.717) is 5.69 Å². The lowest BCUT2D eigenvalue weighted by Crippen LogP contribution is -2.27. The smallest absolute Gasteiger partial charge is 0.255 e. The largest absolute Gasteiger partial charge is 0.312 e. The zero-order chi connectivity index (χ0) is 19.3. The molecule has 0 aliphatic carbocycles. The van der Waals surface area contributed by atoms with Crippen molar-refractivity contribution in [1.29, 1.82) is 0 Å². The quantitative estimate of drug-likeness (QED) is 0.633. The Labute approximate surface area is 154 Å². The zero-order valence-corrected chi connectivity index (χ0v) is 16.3. The number of Topliss-reactive ketones (excluding diaryl/α,β-unsaturated/α-hetero) is 1. The number of ketones is 1. The Morgan fingerprint density at radius 2 is 1.50 bits per heavy atom. The van der Waals surface area contributed by atoms with Gasteiger partial charge in [-0.15, -0.1) is 0 Å². The molecule has 4 nitrogen and oxygen atoms in total. The number of carbonyl (C=O) groups excluding carboxylic acids is 1. The third-order valence-electron chi connectivity index (χ3n) is 4.53. The molecule has 3 rings (SSSR count). The van der Waals surface area contributed by atoms with Crippen molar-refractivity contribution in [2.75, 3.05) is 0 Å². The van der Waals surface area contributed by atoms with E-state index in [1.807, 2.05) is 55.6 Å². The summed E-state index contributed by atoms with van der Waals surface area (Å²) >= 11 is 0. The summed E-state index contributed by atoms with van der Waals surface area (Å²) in [7, 11) is 0. The maximum Gasteiger partial charge on any atom is 0.255 e. The topological polar surface area (TPSA) is 43.5 Å². The van der Waals surface area contributed by atoms with Crippen LogP contribution in [-0.4, -0.2) is 14.8 Å². The van der Waals surface area contributed by atoms with E-state index in [0.717, 1.165) is 16.8 Å². The molecule has 0 atom stereocenters. The SMILES string of the molecule is CC(C)(C)C(=O)c1c(C(C)(C)C)c(-n2ccccc2=O)c2ccccn12. The highest BCUT2D eigenvalue weighted by Crippen LogP contribution is 2.38. The lowest BCUT2D eigenvalue weighted by Gasteiger charge is -2.25. The van der Waals surface area contributed by atoms with Crippen LogP contribution in [0.1, 0.15) is 57.6 Å². The van der Waals surface area contributed by atoms with E-state index >= 15 is 0 Å². The summed E-state index contributed by atoms with van der Waals surface area (Å²) in [6, 6.07) is 10.9. The molecule has 0 saturated heterocycles. The van der Waals surface area contributed by atoms with Crippen LogP contribution in [0.2, 0.25) is 0 Å². The third-order valence-corrected chi connectivity index (χ3v) is 4.53. The zero-order valence-electron chi connectivity index (χ0n) is 16.3. The first kappa shape index (κ1) is 18.2. The molecule has 0 saturated carbocycles. The van der Waals surface area contributed by atoms with Crippen LogP contribution in [0.3, 0.4) is 0 Å². The van der Waals surface area contributed by atoms with Crippen molar-refractivity contribution in [1.82, 2.24) is 8.97 Å². The number of hydrogen-bond donors (Lipinski definition) is 0. The Kier molecular flexibility index (Phi) is 4.18. The molecule has 0 spiro atoms. The van der Waals surface area contributed by atoms with E-state index in [2.05, 4.69) is 20.8 Å². The summed E-state index contributed by atoms with van der Waals surface area (Å²) in [6.07, 6.45) is 3.67. The molecule has 3 heterocycles. The number of hydrogen-bond acceptors (Lipinski definition) is 2.